The van der Waals surface area contributed by atoms with Gasteiger partial charge in [-0.15, -0.1) is 13.2 Å². The molecule has 168 valence electrons. The monoisotopic (exact) mass is 456 g/mol. The molecule has 2 aromatic heterocycles. The van der Waals surface area contributed by atoms with Gasteiger partial charge in [0.05, 0.1) is 10.4 Å². The maximum absolute atomic E-state index is 12.3. The summed E-state index contributed by atoms with van der Waals surface area (Å²) in [7, 11) is 0. The number of pyridine rings is 1. The van der Waals surface area contributed by atoms with E-state index in [4.69, 9.17) is 0 Å². The maximum Gasteiger partial charge on any atom is 0.573 e. The fraction of sp³-hybridized carbons (Fsp3) is 0.0952. The molecular weight excluding hydrogens is 441 g/mol. The average molecular weight is 456 g/mol. The van der Waals surface area contributed by atoms with E-state index < -0.39 is 22.7 Å². The summed E-state index contributed by atoms with van der Waals surface area (Å²) < 4.78 is 40.8. The molecule has 0 fully saturated rings. The van der Waals surface area contributed by atoms with Crippen molar-refractivity contribution in [2.24, 2.45) is 0 Å². The van der Waals surface area contributed by atoms with Gasteiger partial charge in [-0.3, -0.25) is 15.1 Å². The minimum Gasteiger partial charge on any atom is -0.406 e. The number of halogens is 3. The van der Waals surface area contributed by atoms with Crippen molar-refractivity contribution in [3.8, 4) is 5.75 Å². The largest absolute Gasteiger partial charge is 0.573 e. The van der Waals surface area contributed by atoms with E-state index in [0.29, 0.717) is 11.2 Å². The molecule has 0 bridgehead atoms. The SMILES string of the molecule is Cc1ccc2c(Nc3ncnc(Nc4ccc(OC(F)(F)F)cc4)c3[N+](=O)[O-])cccc2n1. The van der Waals surface area contributed by atoms with Gasteiger partial charge in [0.2, 0.25) is 11.6 Å². The van der Waals surface area contributed by atoms with Gasteiger partial charge in [0.25, 0.3) is 0 Å². The quantitative estimate of drug-likeness (QED) is 0.283. The van der Waals surface area contributed by atoms with Crippen molar-refractivity contribution in [3.63, 3.8) is 0 Å². The second-order valence-corrected chi connectivity index (χ2v) is 6.82. The summed E-state index contributed by atoms with van der Waals surface area (Å²) >= 11 is 0. The van der Waals surface area contributed by atoms with Gasteiger partial charge in [-0.1, -0.05) is 6.07 Å². The zero-order valence-electron chi connectivity index (χ0n) is 16.9. The van der Waals surface area contributed by atoms with E-state index in [2.05, 4.69) is 30.3 Å². The van der Waals surface area contributed by atoms with Crippen molar-refractivity contribution in [3.05, 3.63) is 76.7 Å². The van der Waals surface area contributed by atoms with Crippen LogP contribution >= 0.6 is 0 Å². The van der Waals surface area contributed by atoms with E-state index in [-0.39, 0.29) is 17.3 Å². The fourth-order valence-corrected chi connectivity index (χ4v) is 3.10. The molecule has 0 aliphatic heterocycles. The molecule has 0 unspecified atom stereocenters. The molecule has 0 saturated heterocycles. The number of aryl methyl sites for hydroxylation is 1. The summed E-state index contributed by atoms with van der Waals surface area (Å²) in [6, 6.07) is 13.7. The first-order valence-corrected chi connectivity index (χ1v) is 9.45. The summed E-state index contributed by atoms with van der Waals surface area (Å²) in [6.07, 6.45) is -3.69. The summed E-state index contributed by atoms with van der Waals surface area (Å²) in [6.45, 7) is 1.86. The van der Waals surface area contributed by atoms with Crippen molar-refractivity contribution < 1.29 is 22.8 Å². The van der Waals surface area contributed by atoms with Crippen LogP contribution in [-0.4, -0.2) is 26.2 Å². The van der Waals surface area contributed by atoms with Gasteiger partial charge in [-0.05, 0) is 55.5 Å². The molecule has 2 heterocycles. The molecule has 2 aromatic carbocycles. The van der Waals surface area contributed by atoms with Crippen LogP contribution in [0.5, 0.6) is 5.75 Å². The highest BCUT2D eigenvalue weighted by atomic mass is 19.4. The molecule has 0 amide bonds. The standard InChI is InChI=1S/C21H15F3N6O3/c1-12-5-10-15-16(27-12)3-2-4-17(15)29-20-18(30(31)32)19(25-11-26-20)28-13-6-8-14(9-7-13)33-21(22,23)24/h2-11H,1H3,(H2,25,26,28,29). The molecule has 0 aliphatic carbocycles. The molecule has 33 heavy (non-hydrogen) atoms. The van der Waals surface area contributed by atoms with Crippen LogP contribution in [0.3, 0.4) is 0 Å². The average Bonchev–Trinajstić information content (AvgIpc) is 2.74. The molecule has 2 N–H and O–H groups in total. The number of aromatic nitrogens is 3. The number of hydrogen-bond donors (Lipinski definition) is 2. The lowest BCUT2D eigenvalue weighted by molar-refractivity contribution is -0.383. The zero-order valence-corrected chi connectivity index (χ0v) is 16.9. The zero-order chi connectivity index (χ0) is 23.6. The van der Waals surface area contributed by atoms with Gasteiger partial charge in [0, 0.05) is 22.5 Å². The molecule has 9 nitrogen and oxygen atoms in total. The van der Waals surface area contributed by atoms with E-state index in [1.54, 1.807) is 12.1 Å². The van der Waals surface area contributed by atoms with Crippen LogP contribution < -0.4 is 15.4 Å². The third-order valence-electron chi connectivity index (χ3n) is 4.48. The Balaban J connectivity index is 1.65. The summed E-state index contributed by atoms with van der Waals surface area (Å²) in [5, 5.41) is 18.3. The molecule has 0 atom stereocenters. The van der Waals surface area contributed by atoms with Gasteiger partial charge in [0.1, 0.15) is 12.1 Å². The lowest BCUT2D eigenvalue weighted by Crippen LogP contribution is -2.17. The van der Waals surface area contributed by atoms with Crippen LogP contribution in [0.1, 0.15) is 5.69 Å². The van der Waals surface area contributed by atoms with Gasteiger partial charge < -0.3 is 15.4 Å². The topological polar surface area (TPSA) is 115 Å². The minimum atomic E-state index is -4.82. The first-order valence-electron chi connectivity index (χ1n) is 9.45. The number of rotatable bonds is 6. The minimum absolute atomic E-state index is 0.0670. The Kier molecular flexibility index (Phi) is 5.65. The van der Waals surface area contributed by atoms with Gasteiger partial charge in [-0.25, -0.2) is 9.97 Å². The number of benzene rings is 2. The van der Waals surface area contributed by atoms with Gasteiger partial charge in [-0.2, -0.15) is 0 Å². The van der Waals surface area contributed by atoms with Gasteiger partial charge in [0.15, 0.2) is 0 Å². The maximum atomic E-state index is 12.3. The van der Waals surface area contributed by atoms with Crippen molar-refractivity contribution >= 4 is 39.6 Å². The Hall–Kier alpha value is -4.48. The van der Waals surface area contributed by atoms with Crippen LogP contribution in [0.4, 0.5) is 41.9 Å². The predicted octanol–water partition coefficient (Wildman–Crippen LogP) is 5.63. The van der Waals surface area contributed by atoms with E-state index >= 15 is 0 Å². The number of ether oxygens (including phenoxy) is 1. The van der Waals surface area contributed by atoms with Crippen molar-refractivity contribution in [1.82, 2.24) is 15.0 Å². The Bertz CT molecular complexity index is 1330. The normalized spacial score (nSPS) is 11.3. The van der Waals surface area contributed by atoms with E-state index in [0.717, 1.165) is 29.5 Å². The molecule has 4 aromatic rings. The molecule has 0 radical (unpaired) electrons. The number of anilines is 4. The highest BCUT2D eigenvalue weighted by Gasteiger charge is 2.31. The van der Waals surface area contributed by atoms with Crippen molar-refractivity contribution in [1.29, 1.82) is 0 Å². The summed E-state index contributed by atoms with van der Waals surface area (Å²) in [5.41, 5.74) is 1.91. The van der Waals surface area contributed by atoms with Crippen LogP contribution in [0.2, 0.25) is 0 Å². The number of nitrogens with zero attached hydrogens (tertiary/aromatic N) is 4. The third-order valence-corrected chi connectivity index (χ3v) is 4.48. The van der Waals surface area contributed by atoms with E-state index in [9.17, 15) is 23.3 Å². The second-order valence-electron chi connectivity index (χ2n) is 6.82. The van der Waals surface area contributed by atoms with Gasteiger partial charge >= 0.3 is 12.0 Å². The molecule has 12 heteroatoms. The number of hydrogen-bond acceptors (Lipinski definition) is 8. The van der Waals surface area contributed by atoms with E-state index in [1.807, 2.05) is 25.1 Å². The van der Waals surface area contributed by atoms with Crippen LogP contribution in [-0.2, 0) is 0 Å². The highest BCUT2D eigenvalue weighted by Crippen LogP contribution is 2.35. The lowest BCUT2D eigenvalue weighted by Gasteiger charge is -2.12. The molecule has 0 spiro atoms. The van der Waals surface area contributed by atoms with Crippen LogP contribution in [0.25, 0.3) is 10.9 Å². The summed E-state index contributed by atoms with van der Waals surface area (Å²) in [4.78, 5) is 23.5. The molecule has 0 aliphatic rings. The number of fused-ring (bicyclic) bond motifs is 1. The molecule has 4 rings (SSSR count). The predicted molar refractivity (Wildman–Crippen MR) is 115 cm³/mol. The Morgan fingerprint density at radius 2 is 1.67 bits per heavy atom. The first kappa shape index (κ1) is 21.7. The first-order chi connectivity index (χ1) is 15.7. The Labute approximate surface area is 184 Å². The highest BCUT2D eigenvalue weighted by molar-refractivity contribution is 5.94. The smallest absolute Gasteiger partial charge is 0.406 e. The second kappa shape index (κ2) is 8.57. The summed E-state index contributed by atoms with van der Waals surface area (Å²) in [5.74, 6) is -0.633. The Morgan fingerprint density at radius 3 is 2.33 bits per heavy atom. The molecular formula is C21H15F3N6O3. The third kappa shape index (κ3) is 5.06. The molecule has 0 saturated carbocycles. The number of nitrogens with one attached hydrogen (secondary N) is 2. The lowest BCUT2D eigenvalue weighted by atomic mass is 10.1. The van der Waals surface area contributed by atoms with Crippen molar-refractivity contribution in [2.45, 2.75) is 13.3 Å². The van der Waals surface area contributed by atoms with Crippen molar-refractivity contribution in [2.75, 3.05) is 10.6 Å². The number of nitro groups is 1. The fourth-order valence-electron chi connectivity index (χ4n) is 3.10. The van der Waals surface area contributed by atoms with Crippen LogP contribution in [0, 0.1) is 17.0 Å². The Morgan fingerprint density at radius 1 is 0.970 bits per heavy atom. The van der Waals surface area contributed by atoms with Crippen LogP contribution in [0.15, 0.2) is 60.9 Å². The van der Waals surface area contributed by atoms with E-state index in [1.165, 1.54) is 12.1 Å². The number of alkyl halides is 3.